The van der Waals surface area contributed by atoms with Gasteiger partial charge in [-0.1, -0.05) is 97.1 Å². The van der Waals surface area contributed by atoms with Crippen LogP contribution in [0.1, 0.15) is 49.0 Å². The molecule has 1 fully saturated rings. The molecule has 4 aromatic rings. The monoisotopic (exact) mass is 566 g/mol. The number of Topliss-reactive ketones (excluding diaryl/α,β-unsaturated/α-hetero) is 2. The van der Waals surface area contributed by atoms with E-state index in [0.29, 0.717) is 22.6 Å². The summed E-state index contributed by atoms with van der Waals surface area (Å²) in [5, 5.41) is 3.09. The van der Waals surface area contributed by atoms with Gasteiger partial charge in [-0.2, -0.15) is 0 Å². The van der Waals surface area contributed by atoms with E-state index in [-0.39, 0.29) is 24.1 Å². The summed E-state index contributed by atoms with van der Waals surface area (Å²) in [6.45, 7) is 5.96. The van der Waals surface area contributed by atoms with Gasteiger partial charge in [0.05, 0.1) is 12.0 Å². The van der Waals surface area contributed by atoms with Gasteiger partial charge in [0.2, 0.25) is 5.91 Å². The Hall–Kier alpha value is -5.23. The van der Waals surface area contributed by atoms with Gasteiger partial charge in [-0.15, -0.1) is 0 Å². The SMILES string of the molecule is C=CCOc1cccc(C(=O)[C@@H]2[C@H](C(=O)c3ccc(C)cc3)N3C=Cc4ccccc4[C@@H]3[C@@]23C(=O)Nc2ccccc23)c1. The number of anilines is 1. The predicted octanol–water partition coefficient (Wildman–Crippen LogP) is 6.54. The molecular formula is C37H30N2O4. The molecule has 1 amide bonds. The lowest BCUT2D eigenvalue weighted by Gasteiger charge is -2.38. The van der Waals surface area contributed by atoms with E-state index in [9.17, 15) is 14.4 Å². The Morgan fingerprint density at radius 2 is 1.70 bits per heavy atom. The second-order valence-corrected chi connectivity index (χ2v) is 11.3. The van der Waals surface area contributed by atoms with Crippen molar-refractivity contribution >= 4 is 29.2 Å². The number of ketones is 2. The van der Waals surface area contributed by atoms with Crippen LogP contribution in [0.2, 0.25) is 0 Å². The molecule has 4 atom stereocenters. The maximum atomic E-state index is 15.0. The van der Waals surface area contributed by atoms with Crippen LogP contribution < -0.4 is 10.1 Å². The largest absolute Gasteiger partial charge is 0.490 e. The third-order valence-electron chi connectivity index (χ3n) is 8.94. The Morgan fingerprint density at radius 3 is 2.51 bits per heavy atom. The molecule has 0 aromatic heterocycles. The molecule has 43 heavy (non-hydrogen) atoms. The fourth-order valence-electron chi connectivity index (χ4n) is 7.13. The molecule has 0 aliphatic carbocycles. The highest BCUT2D eigenvalue weighted by Gasteiger charge is 2.70. The normalized spacial score (nSPS) is 22.9. The second-order valence-electron chi connectivity index (χ2n) is 11.3. The smallest absolute Gasteiger partial charge is 0.238 e. The van der Waals surface area contributed by atoms with Crippen LogP contribution in [-0.2, 0) is 10.2 Å². The van der Waals surface area contributed by atoms with Crippen LogP contribution in [0.3, 0.4) is 0 Å². The Kier molecular flexibility index (Phi) is 6.35. The minimum absolute atomic E-state index is 0.208. The number of nitrogens with zero attached hydrogens (tertiary/aromatic N) is 1. The van der Waals surface area contributed by atoms with Gasteiger partial charge in [0.25, 0.3) is 0 Å². The molecule has 212 valence electrons. The van der Waals surface area contributed by atoms with Gasteiger partial charge in [-0.3, -0.25) is 14.4 Å². The van der Waals surface area contributed by atoms with Gasteiger partial charge in [-0.25, -0.2) is 0 Å². The molecule has 6 nitrogen and oxygen atoms in total. The minimum atomic E-state index is -1.38. The number of ether oxygens (including phenoxy) is 1. The zero-order chi connectivity index (χ0) is 29.7. The first-order valence-corrected chi connectivity index (χ1v) is 14.4. The number of fused-ring (bicyclic) bond motifs is 6. The molecule has 3 aliphatic rings. The Morgan fingerprint density at radius 1 is 0.930 bits per heavy atom. The van der Waals surface area contributed by atoms with Crippen LogP contribution >= 0.6 is 0 Å². The predicted molar refractivity (Wildman–Crippen MR) is 166 cm³/mol. The molecule has 7 rings (SSSR count). The van der Waals surface area contributed by atoms with Gasteiger partial charge in [0.1, 0.15) is 23.8 Å². The molecule has 1 N–H and O–H groups in total. The molecule has 1 saturated heterocycles. The quantitative estimate of drug-likeness (QED) is 0.203. The molecule has 3 aliphatic heterocycles. The van der Waals surface area contributed by atoms with Gasteiger partial charge in [0, 0.05) is 23.0 Å². The molecule has 0 bridgehead atoms. The zero-order valence-corrected chi connectivity index (χ0v) is 23.7. The maximum Gasteiger partial charge on any atom is 0.238 e. The van der Waals surface area contributed by atoms with Gasteiger partial charge in [0.15, 0.2) is 11.6 Å². The number of hydrogen-bond donors (Lipinski definition) is 1. The number of rotatable bonds is 7. The van der Waals surface area contributed by atoms with Crippen LogP contribution in [0.4, 0.5) is 5.69 Å². The van der Waals surface area contributed by atoms with E-state index < -0.39 is 23.4 Å². The lowest BCUT2D eigenvalue weighted by atomic mass is 9.62. The average molecular weight is 567 g/mol. The molecular weight excluding hydrogens is 536 g/mol. The number of aryl methyl sites for hydroxylation is 1. The number of para-hydroxylation sites is 1. The third kappa shape index (κ3) is 3.97. The van der Waals surface area contributed by atoms with E-state index in [1.54, 1.807) is 42.5 Å². The first-order chi connectivity index (χ1) is 20.9. The molecule has 0 saturated carbocycles. The molecule has 0 unspecified atom stereocenters. The number of carbonyl (C=O) groups excluding carboxylic acids is 3. The van der Waals surface area contributed by atoms with E-state index in [1.807, 2.05) is 84.8 Å². The van der Waals surface area contributed by atoms with Crippen LogP contribution in [0.15, 0.2) is 116 Å². The van der Waals surface area contributed by atoms with Crippen LogP contribution in [-0.4, -0.2) is 35.0 Å². The summed E-state index contributed by atoms with van der Waals surface area (Å²) >= 11 is 0. The summed E-state index contributed by atoms with van der Waals surface area (Å²) in [5.41, 5.74) is 3.75. The lowest BCUT2D eigenvalue weighted by molar-refractivity contribution is -0.122. The highest BCUT2D eigenvalue weighted by Crippen LogP contribution is 2.62. The fraction of sp³-hybridized carbons (Fsp3) is 0.162. The number of benzene rings is 4. The third-order valence-corrected chi connectivity index (χ3v) is 8.94. The summed E-state index contributed by atoms with van der Waals surface area (Å²) in [7, 11) is 0. The second kappa shape index (κ2) is 10.2. The lowest BCUT2D eigenvalue weighted by Crippen LogP contribution is -2.49. The summed E-state index contributed by atoms with van der Waals surface area (Å²) < 4.78 is 5.76. The number of hydrogen-bond acceptors (Lipinski definition) is 5. The highest BCUT2D eigenvalue weighted by molar-refractivity contribution is 6.16. The van der Waals surface area contributed by atoms with Crippen LogP contribution in [0, 0.1) is 12.8 Å². The van der Waals surface area contributed by atoms with Crippen LogP contribution in [0.5, 0.6) is 5.75 Å². The van der Waals surface area contributed by atoms with Gasteiger partial charge >= 0.3 is 0 Å². The first-order valence-electron chi connectivity index (χ1n) is 14.4. The van der Waals surface area contributed by atoms with Crippen LogP contribution in [0.25, 0.3) is 6.08 Å². The molecule has 3 heterocycles. The average Bonchev–Trinajstić information content (AvgIpc) is 3.52. The number of carbonyl (C=O) groups is 3. The Bertz CT molecular complexity index is 1820. The highest BCUT2D eigenvalue weighted by atomic mass is 16.5. The van der Waals surface area contributed by atoms with Crippen molar-refractivity contribution in [3.63, 3.8) is 0 Å². The van der Waals surface area contributed by atoms with Gasteiger partial charge < -0.3 is 15.0 Å². The summed E-state index contributed by atoms with van der Waals surface area (Å²) in [5.74, 6) is -1.31. The Labute approximate surface area is 250 Å². The summed E-state index contributed by atoms with van der Waals surface area (Å²) in [4.78, 5) is 46.1. The maximum absolute atomic E-state index is 15.0. The van der Waals surface area contributed by atoms with Crippen molar-refractivity contribution < 1.29 is 19.1 Å². The van der Waals surface area contributed by atoms with Gasteiger partial charge in [-0.05, 0) is 47.9 Å². The van der Waals surface area contributed by atoms with Crippen molar-refractivity contribution in [2.75, 3.05) is 11.9 Å². The first kappa shape index (κ1) is 26.7. The topological polar surface area (TPSA) is 75.7 Å². The molecule has 4 aromatic carbocycles. The van der Waals surface area contributed by atoms with E-state index in [0.717, 1.165) is 22.3 Å². The summed E-state index contributed by atoms with van der Waals surface area (Å²) in [6.07, 6.45) is 5.49. The minimum Gasteiger partial charge on any atom is -0.490 e. The van der Waals surface area contributed by atoms with Crippen molar-refractivity contribution in [1.29, 1.82) is 0 Å². The van der Waals surface area contributed by atoms with E-state index >= 15 is 0 Å². The fourth-order valence-corrected chi connectivity index (χ4v) is 7.13. The standard InChI is InChI=1S/C37H30N2O4/c1-3-21-43-27-11-8-10-26(22-27)33(40)31-32(34(41)25-17-15-23(2)16-18-25)39-20-19-24-9-4-5-12-28(24)35(39)37(31)29-13-6-7-14-30(29)38-36(37)42/h3-20,22,31-32,35H,1,21H2,2H3,(H,38,42)/t31-,32+,35+,37-/m0/s1. The van der Waals surface area contributed by atoms with E-state index in [2.05, 4.69) is 11.9 Å². The summed E-state index contributed by atoms with van der Waals surface area (Å²) in [6, 6.07) is 28.2. The molecule has 6 heteroatoms. The molecule has 1 spiro atoms. The van der Waals surface area contributed by atoms with E-state index in [4.69, 9.17) is 4.74 Å². The van der Waals surface area contributed by atoms with Crippen molar-refractivity contribution in [2.45, 2.75) is 24.4 Å². The zero-order valence-electron chi connectivity index (χ0n) is 23.7. The van der Waals surface area contributed by atoms with Crippen molar-refractivity contribution in [2.24, 2.45) is 5.92 Å². The van der Waals surface area contributed by atoms with E-state index in [1.165, 1.54) is 0 Å². The van der Waals surface area contributed by atoms with Crippen molar-refractivity contribution in [3.8, 4) is 5.75 Å². The number of amides is 1. The Balaban J connectivity index is 1.50. The molecule has 0 radical (unpaired) electrons. The van der Waals surface area contributed by atoms with Crippen molar-refractivity contribution in [1.82, 2.24) is 4.90 Å². The van der Waals surface area contributed by atoms with Crippen molar-refractivity contribution in [3.05, 3.63) is 149 Å². The number of nitrogens with one attached hydrogen (secondary N) is 1.